The number of nitrogens with two attached hydrogens (primary N) is 1. The number of nitrogens with one attached hydrogen (secondary N) is 1. The van der Waals surface area contributed by atoms with Crippen molar-refractivity contribution in [2.75, 3.05) is 13.3 Å². The molecule has 3 heterocycles. The van der Waals surface area contributed by atoms with Crippen LogP contribution < -0.4 is 25.5 Å². The molecule has 8 heteroatoms. The molecule has 176 valence electrons. The van der Waals surface area contributed by atoms with Crippen LogP contribution in [-0.2, 0) is 13.2 Å². The van der Waals surface area contributed by atoms with Gasteiger partial charge in [-0.15, -0.1) is 0 Å². The van der Waals surface area contributed by atoms with Gasteiger partial charge >= 0.3 is 0 Å². The van der Waals surface area contributed by atoms with Gasteiger partial charge in [-0.3, -0.25) is 4.79 Å². The van der Waals surface area contributed by atoms with Gasteiger partial charge in [0.1, 0.15) is 18.1 Å². The predicted octanol–water partition coefficient (Wildman–Crippen LogP) is 4.20. The van der Waals surface area contributed by atoms with Gasteiger partial charge in [-0.2, -0.15) is 0 Å². The van der Waals surface area contributed by atoms with Gasteiger partial charge in [0.05, 0.1) is 16.6 Å². The number of rotatable bonds is 7. The van der Waals surface area contributed by atoms with Crippen LogP contribution in [0.1, 0.15) is 12.0 Å². The molecule has 0 unspecified atom stereocenters. The smallest absolute Gasteiger partial charge is 0.275 e. The van der Waals surface area contributed by atoms with Gasteiger partial charge in [0.25, 0.3) is 5.56 Å². The number of hydrogen-bond acceptors (Lipinski definition) is 6. The maximum Gasteiger partial charge on any atom is 0.275 e. The van der Waals surface area contributed by atoms with E-state index in [9.17, 15) is 4.79 Å². The lowest BCUT2D eigenvalue weighted by molar-refractivity contribution is 0.174. The first-order valence-corrected chi connectivity index (χ1v) is 11.5. The van der Waals surface area contributed by atoms with Gasteiger partial charge in [-0.25, -0.2) is 4.98 Å². The van der Waals surface area contributed by atoms with E-state index in [1.807, 2.05) is 54.7 Å². The van der Waals surface area contributed by atoms with E-state index < -0.39 is 0 Å². The van der Waals surface area contributed by atoms with Crippen LogP contribution in [0.15, 0.2) is 71.7 Å². The standard InChI is InChI=1S/C27H24N4O4/c28-9-4-10-31-14-20(19-8-7-18(11-23(19)31)33-15-17-5-2-1-3-6-17)26-27(32)30-22-13-25-24(34-16-35-25)12-21(22)29-26/h1-3,5-8,11-14H,4,9-10,15-16,28H2,(H,30,32). The second-order valence-electron chi connectivity index (χ2n) is 8.47. The van der Waals surface area contributed by atoms with Gasteiger partial charge in [-0.1, -0.05) is 30.3 Å². The molecule has 8 nitrogen and oxygen atoms in total. The number of H-pyrrole nitrogens is 1. The Kier molecular flexibility index (Phi) is 5.35. The Labute approximate surface area is 200 Å². The molecule has 0 saturated heterocycles. The van der Waals surface area contributed by atoms with Crippen molar-refractivity contribution < 1.29 is 14.2 Å². The summed E-state index contributed by atoms with van der Waals surface area (Å²) in [6, 6.07) is 19.5. The highest BCUT2D eigenvalue weighted by atomic mass is 16.7. The number of fused-ring (bicyclic) bond motifs is 3. The lowest BCUT2D eigenvalue weighted by atomic mass is 10.1. The van der Waals surface area contributed by atoms with E-state index in [0.717, 1.165) is 40.7 Å². The van der Waals surface area contributed by atoms with E-state index in [-0.39, 0.29) is 12.4 Å². The van der Waals surface area contributed by atoms with Gasteiger partial charge in [0, 0.05) is 41.9 Å². The molecule has 1 aliphatic heterocycles. The second-order valence-corrected chi connectivity index (χ2v) is 8.47. The van der Waals surface area contributed by atoms with E-state index in [0.29, 0.717) is 41.4 Å². The molecule has 0 saturated carbocycles. The third kappa shape index (κ3) is 3.98. The number of aromatic amines is 1. The number of hydrogen-bond donors (Lipinski definition) is 2. The Morgan fingerprint density at radius 3 is 2.71 bits per heavy atom. The fourth-order valence-electron chi connectivity index (χ4n) is 4.40. The molecule has 0 fully saturated rings. The molecule has 0 amide bonds. The third-order valence-corrected chi connectivity index (χ3v) is 6.15. The molecule has 5 aromatic rings. The van der Waals surface area contributed by atoms with Crippen LogP contribution in [0.5, 0.6) is 17.2 Å². The number of ether oxygens (including phenoxy) is 3. The monoisotopic (exact) mass is 468 g/mol. The first-order chi connectivity index (χ1) is 17.2. The van der Waals surface area contributed by atoms with Crippen LogP contribution in [0.25, 0.3) is 33.2 Å². The highest BCUT2D eigenvalue weighted by molar-refractivity contribution is 5.96. The Morgan fingerprint density at radius 1 is 1.06 bits per heavy atom. The molecular weight excluding hydrogens is 444 g/mol. The van der Waals surface area contributed by atoms with Crippen molar-refractivity contribution in [1.82, 2.24) is 14.5 Å². The minimum atomic E-state index is -0.265. The average Bonchev–Trinajstić information content (AvgIpc) is 3.49. The maximum atomic E-state index is 13.1. The summed E-state index contributed by atoms with van der Waals surface area (Å²) < 4.78 is 19.1. The Morgan fingerprint density at radius 2 is 1.89 bits per heavy atom. The van der Waals surface area contributed by atoms with Crippen molar-refractivity contribution in [1.29, 1.82) is 0 Å². The van der Waals surface area contributed by atoms with Crippen LogP contribution in [0.2, 0.25) is 0 Å². The highest BCUT2D eigenvalue weighted by Gasteiger charge is 2.19. The van der Waals surface area contributed by atoms with Crippen LogP contribution in [0, 0.1) is 0 Å². The SMILES string of the molecule is NCCCn1cc(-c2nc3cc4c(cc3[nH]c2=O)OCO4)c2ccc(OCc3ccccc3)cc21. The molecule has 0 radical (unpaired) electrons. The van der Waals surface area contributed by atoms with Crippen LogP contribution in [-0.4, -0.2) is 27.9 Å². The third-order valence-electron chi connectivity index (χ3n) is 6.15. The molecule has 3 N–H and O–H groups in total. The summed E-state index contributed by atoms with van der Waals surface area (Å²) in [5.41, 5.74) is 9.93. The maximum absolute atomic E-state index is 13.1. The lowest BCUT2D eigenvalue weighted by Crippen LogP contribution is -2.11. The molecule has 0 spiro atoms. The second kappa shape index (κ2) is 8.81. The van der Waals surface area contributed by atoms with Crippen molar-refractivity contribution in [3.05, 3.63) is 82.8 Å². The lowest BCUT2D eigenvalue weighted by Gasteiger charge is -2.08. The Balaban J connectivity index is 1.42. The van der Waals surface area contributed by atoms with E-state index in [4.69, 9.17) is 24.9 Å². The number of benzene rings is 3. The summed E-state index contributed by atoms with van der Waals surface area (Å²) in [5.74, 6) is 1.98. The van der Waals surface area contributed by atoms with Gasteiger partial charge in [-0.05, 0) is 30.7 Å². The summed E-state index contributed by atoms with van der Waals surface area (Å²) >= 11 is 0. The van der Waals surface area contributed by atoms with Crippen molar-refractivity contribution in [3.8, 4) is 28.5 Å². The molecule has 1 aliphatic rings. The summed E-state index contributed by atoms with van der Waals surface area (Å²) in [4.78, 5) is 20.7. The Hall–Kier alpha value is -4.30. The highest BCUT2D eigenvalue weighted by Crippen LogP contribution is 2.36. The van der Waals surface area contributed by atoms with Crippen LogP contribution in [0.4, 0.5) is 0 Å². The van der Waals surface area contributed by atoms with E-state index in [1.165, 1.54) is 0 Å². The average molecular weight is 469 g/mol. The zero-order valence-corrected chi connectivity index (χ0v) is 19.0. The number of aromatic nitrogens is 3. The minimum absolute atomic E-state index is 0.159. The fraction of sp³-hybridized carbons (Fsp3) is 0.185. The summed E-state index contributed by atoms with van der Waals surface area (Å²) in [7, 11) is 0. The quantitative estimate of drug-likeness (QED) is 0.371. The first kappa shape index (κ1) is 21.2. The summed E-state index contributed by atoms with van der Waals surface area (Å²) in [6.45, 7) is 1.93. The zero-order chi connectivity index (χ0) is 23.8. The minimum Gasteiger partial charge on any atom is -0.489 e. The summed E-state index contributed by atoms with van der Waals surface area (Å²) in [6.07, 6.45) is 2.78. The van der Waals surface area contributed by atoms with Crippen molar-refractivity contribution in [3.63, 3.8) is 0 Å². The fourth-order valence-corrected chi connectivity index (χ4v) is 4.40. The predicted molar refractivity (Wildman–Crippen MR) is 134 cm³/mol. The Bertz CT molecular complexity index is 1590. The van der Waals surface area contributed by atoms with Gasteiger partial charge in [0.15, 0.2) is 11.5 Å². The van der Waals surface area contributed by atoms with E-state index >= 15 is 0 Å². The van der Waals surface area contributed by atoms with E-state index in [1.54, 1.807) is 12.1 Å². The molecule has 2 aromatic heterocycles. The van der Waals surface area contributed by atoms with Crippen LogP contribution >= 0.6 is 0 Å². The summed E-state index contributed by atoms with van der Waals surface area (Å²) in [5, 5.41) is 0.923. The van der Waals surface area contributed by atoms with Crippen molar-refractivity contribution in [2.24, 2.45) is 5.73 Å². The van der Waals surface area contributed by atoms with E-state index in [2.05, 4.69) is 9.55 Å². The normalized spacial score (nSPS) is 12.5. The zero-order valence-electron chi connectivity index (χ0n) is 19.0. The molecular formula is C27H24N4O4. The molecule has 3 aromatic carbocycles. The molecule has 0 bridgehead atoms. The molecule has 6 rings (SSSR count). The number of nitrogens with zero attached hydrogens (tertiary/aromatic N) is 2. The number of aryl methyl sites for hydroxylation is 1. The van der Waals surface area contributed by atoms with Crippen molar-refractivity contribution >= 4 is 21.9 Å². The van der Waals surface area contributed by atoms with Gasteiger partial charge in [0.2, 0.25) is 6.79 Å². The van der Waals surface area contributed by atoms with Gasteiger partial charge < -0.3 is 29.5 Å². The van der Waals surface area contributed by atoms with Crippen LogP contribution in [0.3, 0.4) is 0 Å². The molecule has 35 heavy (non-hydrogen) atoms. The molecule has 0 aliphatic carbocycles. The van der Waals surface area contributed by atoms with Crippen molar-refractivity contribution in [2.45, 2.75) is 19.6 Å². The topological polar surface area (TPSA) is 104 Å². The largest absolute Gasteiger partial charge is 0.489 e. The first-order valence-electron chi connectivity index (χ1n) is 11.5. The molecule has 0 atom stereocenters.